The molecule has 0 bridgehead atoms. The number of allylic oxidation sites excluding steroid dienone is 1. The lowest BCUT2D eigenvalue weighted by Crippen LogP contribution is -2.35. The second-order valence-corrected chi connectivity index (χ2v) is 7.79. The molecule has 2 amide bonds. The average molecular weight is 466 g/mol. The molecule has 34 heavy (non-hydrogen) atoms. The molecule has 7 heteroatoms. The Kier molecular flexibility index (Phi) is 9.49. The molecule has 1 atom stereocenters. The number of nitrogens with one attached hydrogen (secondary N) is 3. The highest BCUT2D eigenvalue weighted by molar-refractivity contribution is 6.17. The molecule has 0 unspecified atom stereocenters. The van der Waals surface area contributed by atoms with Crippen LogP contribution in [0.4, 0.5) is 5.69 Å². The molecule has 3 rings (SSSR count). The minimum atomic E-state index is -0.204. The fourth-order valence-electron chi connectivity index (χ4n) is 3.19. The molecule has 0 fully saturated rings. The molecule has 0 spiro atoms. The van der Waals surface area contributed by atoms with E-state index in [-0.39, 0.29) is 22.1 Å². The van der Waals surface area contributed by atoms with Crippen LogP contribution in [0.25, 0.3) is 0 Å². The predicted molar refractivity (Wildman–Crippen MR) is 145 cm³/mol. The van der Waals surface area contributed by atoms with Gasteiger partial charge < -0.3 is 16.0 Å². The Labute approximate surface area is 206 Å². The van der Waals surface area contributed by atoms with Gasteiger partial charge in [-0.1, -0.05) is 32.6 Å². The number of anilines is 1. The largest absolute Gasteiger partial charge is 0.381 e. The summed E-state index contributed by atoms with van der Waals surface area (Å²) in [5.74, 6) is 0.0542. The van der Waals surface area contributed by atoms with Crippen molar-refractivity contribution in [3.63, 3.8) is 0 Å². The van der Waals surface area contributed by atoms with Gasteiger partial charge in [0.1, 0.15) is 5.84 Å². The molecule has 0 saturated carbocycles. The van der Waals surface area contributed by atoms with E-state index in [1.54, 1.807) is 37.7 Å². The first-order valence-electron chi connectivity index (χ1n) is 11.3. The van der Waals surface area contributed by atoms with E-state index in [4.69, 9.17) is 0 Å². The highest BCUT2D eigenvalue weighted by Crippen LogP contribution is 2.19. The van der Waals surface area contributed by atoms with Gasteiger partial charge in [-0.25, -0.2) is 4.99 Å². The molecule has 2 aromatic rings. The molecule has 2 heterocycles. The maximum atomic E-state index is 12.5. The minimum absolute atomic E-state index is 0. The number of carbonyl (C=O) groups is 2. The molecule has 184 valence electrons. The third-order valence-electron chi connectivity index (χ3n) is 4.90. The summed E-state index contributed by atoms with van der Waals surface area (Å²) in [6, 6.07) is 9.42. The first kappa shape index (κ1) is 26.3. The van der Waals surface area contributed by atoms with E-state index in [1.165, 1.54) is 0 Å². The summed E-state index contributed by atoms with van der Waals surface area (Å²) < 4.78 is 0. The summed E-state index contributed by atoms with van der Waals surface area (Å²) in [5.41, 5.74) is 5.22. The van der Waals surface area contributed by atoms with Crippen molar-refractivity contribution in [2.24, 2.45) is 4.99 Å². The second kappa shape index (κ2) is 12.3. The summed E-state index contributed by atoms with van der Waals surface area (Å²) in [4.78, 5) is 32.7. The van der Waals surface area contributed by atoms with E-state index in [2.05, 4.69) is 32.5 Å². The van der Waals surface area contributed by atoms with Crippen LogP contribution in [0.15, 0.2) is 83.4 Å². The first-order chi connectivity index (χ1) is 16.2. The fraction of sp³-hybridized carbons (Fsp3) is 0.259. The van der Waals surface area contributed by atoms with Gasteiger partial charge in [0.25, 0.3) is 11.8 Å². The van der Waals surface area contributed by atoms with Crippen molar-refractivity contribution < 1.29 is 13.9 Å². The summed E-state index contributed by atoms with van der Waals surface area (Å²) in [6.45, 7) is 15.5. The van der Waals surface area contributed by atoms with Crippen molar-refractivity contribution in [3.8, 4) is 0 Å². The molecule has 0 aliphatic carbocycles. The Morgan fingerprint density at radius 3 is 2.68 bits per heavy atom. The van der Waals surface area contributed by atoms with Crippen molar-refractivity contribution in [2.45, 2.75) is 47.6 Å². The Morgan fingerprint density at radius 1 is 1.24 bits per heavy atom. The van der Waals surface area contributed by atoms with Crippen LogP contribution in [-0.2, 0) is 4.79 Å². The van der Waals surface area contributed by atoms with Crippen molar-refractivity contribution in [2.75, 3.05) is 5.32 Å². The normalized spacial score (nSPS) is 15.5. The van der Waals surface area contributed by atoms with E-state index in [0.29, 0.717) is 28.2 Å². The number of aryl methyl sites for hydroxylation is 1. The van der Waals surface area contributed by atoms with E-state index in [1.807, 2.05) is 58.9 Å². The molecule has 3 N–H and O–H groups in total. The maximum absolute atomic E-state index is 12.5. The third kappa shape index (κ3) is 7.27. The topological polar surface area (TPSA) is 95.5 Å². The van der Waals surface area contributed by atoms with E-state index < -0.39 is 0 Å². The highest BCUT2D eigenvalue weighted by Gasteiger charge is 2.16. The maximum Gasteiger partial charge on any atom is 0.257 e. The number of hydrogen-bond donors (Lipinski definition) is 3. The molecule has 1 aliphatic heterocycles. The van der Waals surface area contributed by atoms with Gasteiger partial charge in [-0.2, -0.15) is 0 Å². The Balaban J connectivity index is 0. The van der Waals surface area contributed by atoms with Crippen molar-refractivity contribution in [1.29, 1.82) is 0 Å². The van der Waals surface area contributed by atoms with Crippen LogP contribution in [0.5, 0.6) is 0 Å². The standard InChI is InChI=1S/C25H27N5O2.C2H6.3H2/c1-15-9-21(14-26-12-15)25(32)29-22-8-6-7-20(11-22)19(5)28-18(4)13-27-23-16(2)10-17(3)24(31)30-23;1-2;;;/h6-14,19,28H,2H2,1,3-5H3,(H,29,32)(H,27,30,31);1-2H3;3*1H/b18-13+;;;;/t19-;;;;/m0..../s1. The van der Waals surface area contributed by atoms with Crippen LogP contribution in [0.1, 0.15) is 66.4 Å². The third-order valence-corrected chi connectivity index (χ3v) is 4.90. The van der Waals surface area contributed by atoms with Gasteiger partial charge in [0.2, 0.25) is 0 Å². The summed E-state index contributed by atoms with van der Waals surface area (Å²) in [7, 11) is 0. The number of pyridine rings is 1. The van der Waals surface area contributed by atoms with Gasteiger partial charge in [-0.3, -0.25) is 14.6 Å². The lowest BCUT2D eigenvalue weighted by atomic mass is 10.1. The van der Waals surface area contributed by atoms with Crippen molar-refractivity contribution >= 4 is 23.3 Å². The number of amides is 2. The molecular formula is C27H39N5O2. The first-order valence-corrected chi connectivity index (χ1v) is 11.3. The zero-order valence-corrected chi connectivity index (χ0v) is 20.7. The molecule has 1 aromatic carbocycles. The monoisotopic (exact) mass is 465 g/mol. The Morgan fingerprint density at radius 2 is 1.97 bits per heavy atom. The fourth-order valence-corrected chi connectivity index (χ4v) is 3.19. The predicted octanol–water partition coefficient (Wildman–Crippen LogP) is 5.95. The van der Waals surface area contributed by atoms with Gasteiger partial charge in [0, 0.05) is 51.4 Å². The Hall–Kier alpha value is -4.00. The SMILES string of the molecule is C=C1C=C(C)C(=O)NC1=N/C=C(\C)N[C@@H](C)c1cccc(NC(=O)c2cncc(C)c2)c1.CC.[HH].[HH].[HH]. The average Bonchev–Trinajstić information content (AvgIpc) is 2.82. The number of nitrogens with zero attached hydrogens (tertiary/aromatic N) is 2. The second-order valence-electron chi connectivity index (χ2n) is 7.79. The van der Waals surface area contributed by atoms with Gasteiger partial charge in [-0.05, 0) is 63.1 Å². The summed E-state index contributed by atoms with van der Waals surface area (Å²) in [5, 5.41) is 9.01. The van der Waals surface area contributed by atoms with Gasteiger partial charge >= 0.3 is 0 Å². The van der Waals surface area contributed by atoms with Crippen molar-refractivity contribution in [1.82, 2.24) is 15.6 Å². The zero-order valence-electron chi connectivity index (χ0n) is 20.7. The minimum Gasteiger partial charge on any atom is -0.381 e. The Bertz CT molecular complexity index is 1180. The molecule has 0 radical (unpaired) electrons. The van der Waals surface area contributed by atoms with Crippen LogP contribution in [-0.4, -0.2) is 22.6 Å². The van der Waals surface area contributed by atoms with Crippen LogP contribution in [0.3, 0.4) is 0 Å². The van der Waals surface area contributed by atoms with Crippen LogP contribution in [0.2, 0.25) is 0 Å². The molecular weight excluding hydrogens is 426 g/mol. The lowest BCUT2D eigenvalue weighted by Gasteiger charge is -2.17. The quantitative estimate of drug-likeness (QED) is 0.491. The van der Waals surface area contributed by atoms with E-state index >= 15 is 0 Å². The van der Waals surface area contributed by atoms with Crippen molar-refractivity contribution in [3.05, 3.63) is 95.1 Å². The number of carbonyl (C=O) groups excluding carboxylic acids is 2. The molecule has 1 aromatic heterocycles. The number of hydrogen-bond acceptors (Lipinski definition) is 5. The number of benzene rings is 1. The van der Waals surface area contributed by atoms with Gasteiger partial charge in [-0.15, -0.1) is 0 Å². The zero-order chi connectivity index (χ0) is 25.3. The number of rotatable bonds is 6. The lowest BCUT2D eigenvalue weighted by molar-refractivity contribution is -0.116. The van der Waals surface area contributed by atoms with Crippen LogP contribution in [0, 0.1) is 6.92 Å². The number of amidine groups is 1. The van der Waals surface area contributed by atoms with Gasteiger partial charge in [0.05, 0.1) is 5.56 Å². The molecule has 1 aliphatic rings. The summed E-state index contributed by atoms with van der Waals surface area (Å²) >= 11 is 0. The summed E-state index contributed by atoms with van der Waals surface area (Å²) in [6.07, 6.45) is 6.62. The number of aromatic nitrogens is 1. The van der Waals surface area contributed by atoms with Crippen LogP contribution < -0.4 is 16.0 Å². The smallest absolute Gasteiger partial charge is 0.257 e. The van der Waals surface area contributed by atoms with Crippen LogP contribution >= 0.6 is 0 Å². The molecule has 0 saturated heterocycles. The number of aliphatic imine (C=N–C) groups is 1. The highest BCUT2D eigenvalue weighted by atomic mass is 16.2. The molecule has 7 nitrogen and oxygen atoms in total. The van der Waals surface area contributed by atoms with Gasteiger partial charge in [0.15, 0.2) is 0 Å². The van der Waals surface area contributed by atoms with E-state index in [9.17, 15) is 9.59 Å². The van der Waals surface area contributed by atoms with E-state index in [0.717, 1.165) is 16.8 Å².